The molecule has 1 aliphatic heterocycles. The second-order valence-corrected chi connectivity index (χ2v) is 12.7. The third kappa shape index (κ3) is 3.91. The van der Waals surface area contributed by atoms with Gasteiger partial charge >= 0.3 is 11.9 Å². The van der Waals surface area contributed by atoms with E-state index in [1.165, 1.54) is 6.92 Å². The van der Waals surface area contributed by atoms with E-state index in [0.29, 0.717) is 12.3 Å². The molecule has 192 valence electrons. The van der Waals surface area contributed by atoms with Crippen LogP contribution >= 0.6 is 0 Å². The van der Waals surface area contributed by atoms with Gasteiger partial charge in [0.1, 0.15) is 6.29 Å². The SMILES string of the molecule is CC(=O)OC1OC2C(O)C1C(C=O)C1(COC(=O)CC(C)C)CCC3C(C)(C)CCCC3(C)C21. The fourth-order valence-corrected chi connectivity index (χ4v) is 8.67. The molecule has 4 rings (SSSR count). The van der Waals surface area contributed by atoms with E-state index >= 15 is 0 Å². The zero-order chi connectivity index (χ0) is 25.1. The molecule has 0 aromatic heterocycles. The summed E-state index contributed by atoms with van der Waals surface area (Å²) in [4.78, 5) is 37.2. The van der Waals surface area contributed by atoms with E-state index in [0.717, 1.165) is 38.4 Å². The second-order valence-electron chi connectivity index (χ2n) is 12.7. The van der Waals surface area contributed by atoms with Crippen LogP contribution in [0, 0.1) is 45.8 Å². The van der Waals surface area contributed by atoms with Crippen LogP contribution in [0.25, 0.3) is 0 Å². The van der Waals surface area contributed by atoms with Crippen LogP contribution in [0.1, 0.15) is 80.1 Å². The molecule has 1 saturated heterocycles. The number of esters is 2. The molecule has 3 saturated carbocycles. The molecule has 9 unspecified atom stereocenters. The van der Waals surface area contributed by atoms with Gasteiger partial charge in [0.2, 0.25) is 6.29 Å². The molecule has 0 amide bonds. The Kier molecular flexibility index (Phi) is 6.69. The van der Waals surface area contributed by atoms with Crippen molar-refractivity contribution in [3.63, 3.8) is 0 Å². The Morgan fingerprint density at radius 3 is 2.50 bits per heavy atom. The van der Waals surface area contributed by atoms with Gasteiger partial charge in [-0.25, -0.2) is 0 Å². The molecule has 2 bridgehead atoms. The third-order valence-corrected chi connectivity index (χ3v) is 9.75. The lowest BCUT2D eigenvalue weighted by Gasteiger charge is -2.66. The number of hydrogen-bond acceptors (Lipinski definition) is 7. The summed E-state index contributed by atoms with van der Waals surface area (Å²) in [5.74, 6) is -1.68. The predicted octanol–water partition coefficient (Wildman–Crippen LogP) is 3.90. The smallest absolute Gasteiger partial charge is 0.306 e. The van der Waals surface area contributed by atoms with Gasteiger partial charge in [-0.3, -0.25) is 9.59 Å². The number of aldehydes is 1. The van der Waals surface area contributed by atoms with Crippen molar-refractivity contribution in [2.45, 2.75) is 98.6 Å². The normalized spacial score (nSPS) is 44.6. The molecule has 1 N–H and O–H groups in total. The standard InChI is InChI=1S/C27H42O7/c1-15(2)12-19(30)32-14-27-11-8-18-25(4,5)9-7-10-26(18,6)23(27)22-21(31)20(17(27)13-28)24(34-22)33-16(3)29/h13,15,17-18,20-24,31H,7-12,14H2,1-6H3. The predicted molar refractivity (Wildman–Crippen MR) is 124 cm³/mol. The minimum Gasteiger partial charge on any atom is -0.465 e. The van der Waals surface area contributed by atoms with E-state index in [-0.39, 0.29) is 35.2 Å². The third-order valence-electron chi connectivity index (χ3n) is 9.75. The van der Waals surface area contributed by atoms with Crippen molar-refractivity contribution in [3.8, 4) is 0 Å². The average molecular weight is 479 g/mol. The second kappa shape index (κ2) is 8.88. The van der Waals surface area contributed by atoms with Gasteiger partial charge in [-0.05, 0) is 48.3 Å². The summed E-state index contributed by atoms with van der Waals surface area (Å²) in [6.45, 7) is 12.3. The van der Waals surface area contributed by atoms with Crippen molar-refractivity contribution >= 4 is 18.2 Å². The highest BCUT2D eigenvalue weighted by Gasteiger charge is 2.73. The summed E-state index contributed by atoms with van der Waals surface area (Å²) < 4.78 is 17.7. The Balaban J connectivity index is 1.79. The summed E-state index contributed by atoms with van der Waals surface area (Å²) in [6.07, 6.45) is 3.58. The molecule has 0 aromatic rings. The number of carbonyl (C=O) groups excluding carboxylic acids is 3. The van der Waals surface area contributed by atoms with Gasteiger partial charge in [0.25, 0.3) is 0 Å². The first-order chi connectivity index (χ1) is 15.9. The van der Waals surface area contributed by atoms with Crippen molar-refractivity contribution in [3.05, 3.63) is 0 Å². The Hall–Kier alpha value is -1.47. The average Bonchev–Trinajstić information content (AvgIpc) is 2.93. The van der Waals surface area contributed by atoms with Gasteiger partial charge in [-0.2, -0.15) is 0 Å². The molecule has 0 aromatic carbocycles. The maximum atomic E-state index is 12.8. The number of rotatable bonds is 6. The fourth-order valence-electron chi connectivity index (χ4n) is 8.67. The van der Waals surface area contributed by atoms with E-state index in [4.69, 9.17) is 14.2 Å². The van der Waals surface area contributed by atoms with E-state index in [2.05, 4.69) is 20.8 Å². The Labute approximate surface area is 203 Å². The topological polar surface area (TPSA) is 99.1 Å². The van der Waals surface area contributed by atoms with Crippen LogP contribution in [-0.2, 0) is 28.6 Å². The first-order valence-corrected chi connectivity index (χ1v) is 13.0. The highest BCUT2D eigenvalue weighted by Crippen LogP contribution is 2.71. The zero-order valence-electron chi connectivity index (χ0n) is 21.5. The van der Waals surface area contributed by atoms with Gasteiger partial charge in [0.05, 0.1) is 24.7 Å². The molecule has 4 aliphatic rings. The van der Waals surface area contributed by atoms with Gasteiger partial charge in [-0.1, -0.05) is 41.0 Å². The fraction of sp³-hybridized carbons (Fsp3) is 0.889. The van der Waals surface area contributed by atoms with Crippen LogP contribution in [0.15, 0.2) is 0 Å². The van der Waals surface area contributed by atoms with Gasteiger partial charge in [0.15, 0.2) is 0 Å². The monoisotopic (exact) mass is 478 g/mol. The van der Waals surface area contributed by atoms with Crippen LogP contribution < -0.4 is 0 Å². The van der Waals surface area contributed by atoms with Crippen molar-refractivity contribution in [2.24, 2.45) is 45.8 Å². The summed E-state index contributed by atoms with van der Waals surface area (Å²) in [6, 6.07) is 0. The van der Waals surface area contributed by atoms with Crippen LogP contribution in [-0.4, -0.2) is 48.4 Å². The number of carbonyl (C=O) groups is 3. The van der Waals surface area contributed by atoms with Crippen LogP contribution in [0.5, 0.6) is 0 Å². The van der Waals surface area contributed by atoms with E-state index in [1.807, 2.05) is 13.8 Å². The van der Waals surface area contributed by atoms with Gasteiger partial charge in [0, 0.05) is 30.6 Å². The number of hydrogen-bond donors (Lipinski definition) is 1. The minimum atomic E-state index is -0.972. The van der Waals surface area contributed by atoms with Crippen LogP contribution in [0.3, 0.4) is 0 Å². The summed E-state index contributed by atoms with van der Waals surface area (Å²) in [5, 5.41) is 11.4. The quantitative estimate of drug-likeness (QED) is 0.457. The maximum absolute atomic E-state index is 12.8. The molecular formula is C27H42O7. The van der Waals surface area contributed by atoms with Gasteiger partial charge < -0.3 is 24.1 Å². The Morgan fingerprint density at radius 2 is 1.88 bits per heavy atom. The maximum Gasteiger partial charge on any atom is 0.306 e. The lowest BCUT2D eigenvalue weighted by atomic mass is 9.38. The molecule has 7 heteroatoms. The molecule has 0 spiro atoms. The lowest BCUT2D eigenvalue weighted by Crippen LogP contribution is -2.67. The summed E-state index contributed by atoms with van der Waals surface area (Å²) in [7, 11) is 0. The Bertz CT molecular complexity index is 822. The Morgan fingerprint density at radius 1 is 1.18 bits per heavy atom. The first-order valence-electron chi connectivity index (χ1n) is 13.0. The minimum absolute atomic E-state index is 0.125. The highest BCUT2D eigenvalue weighted by atomic mass is 16.7. The molecule has 34 heavy (non-hydrogen) atoms. The number of aliphatic hydroxyl groups is 1. The van der Waals surface area contributed by atoms with Crippen molar-refractivity contribution < 1.29 is 33.7 Å². The summed E-state index contributed by atoms with van der Waals surface area (Å²) in [5.41, 5.74) is -0.732. The van der Waals surface area contributed by atoms with Crippen molar-refractivity contribution in [1.82, 2.24) is 0 Å². The van der Waals surface area contributed by atoms with Crippen LogP contribution in [0.4, 0.5) is 0 Å². The molecule has 4 fully saturated rings. The van der Waals surface area contributed by atoms with Crippen molar-refractivity contribution in [2.75, 3.05) is 6.61 Å². The van der Waals surface area contributed by atoms with Crippen LogP contribution in [0.2, 0.25) is 0 Å². The first kappa shape index (κ1) is 25.6. The largest absolute Gasteiger partial charge is 0.465 e. The molecule has 7 nitrogen and oxygen atoms in total. The molecule has 9 atom stereocenters. The molecule has 3 aliphatic carbocycles. The zero-order valence-corrected chi connectivity index (χ0v) is 21.5. The number of ether oxygens (including phenoxy) is 3. The van der Waals surface area contributed by atoms with Crippen molar-refractivity contribution in [1.29, 1.82) is 0 Å². The lowest BCUT2D eigenvalue weighted by molar-refractivity contribution is -0.233. The molecule has 0 radical (unpaired) electrons. The highest BCUT2D eigenvalue weighted by molar-refractivity contribution is 5.70. The number of fused-ring (bicyclic) bond motifs is 6. The number of aliphatic hydroxyl groups excluding tert-OH is 1. The molecular weight excluding hydrogens is 436 g/mol. The molecule has 1 heterocycles. The van der Waals surface area contributed by atoms with E-state index in [9.17, 15) is 19.5 Å². The summed E-state index contributed by atoms with van der Waals surface area (Å²) >= 11 is 0. The van der Waals surface area contributed by atoms with E-state index < -0.39 is 41.7 Å². The van der Waals surface area contributed by atoms with E-state index in [1.54, 1.807) is 0 Å². The van der Waals surface area contributed by atoms with Gasteiger partial charge in [-0.15, -0.1) is 0 Å².